The summed E-state index contributed by atoms with van der Waals surface area (Å²) in [5.74, 6) is -4.38. The highest BCUT2D eigenvalue weighted by molar-refractivity contribution is 4.82. The summed E-state index contributed by atoms with van der Waals surface area (Å²) in [6, 6.07) is 0. The number of rotatable bonds is 1. The van der Waals surface area contributed by atoms with Gasteiger partial charge in [-0.05, 0) is 12.8 Å². The first-order valence-corrected chi connectivity index (χ1v) is 5.12. The summed E-state index contributed by atoms with van der Waals surface area (Å²) in [6.07, 6.45) is -1.56. The maximum absolute atomic E-state index is 12.7. The van der Waals surface area contributed by atoms with E-state index in [0.717, 1.165) is 26.4 Å². The zero-order valence-corrected chi connectivity index (χ0v) is 8.80. The molecule has 94 valence electrons. The molecule has 2 aliphatic rings. The van der Waals surface area contributed by atoms with Crippen molar-refractivity contribution in [3.05, 3.63) is 0 Å². The van der Waals surface area contributed by atoms with Gasteiger partial charge in [-0.1, -0.05) is 6.42 Å². The Balaban J connectivity index is 2.15. The van der Waals surface area contributed by atoms with Crippen LogP contribution in [0.4, 0.5) is 13.2 Å². The summed E-state index contributed by atoms with van der Waals surface area (Å²) in [7, 11) is 0.874. The number of methoxy groups -OCH3 is 1. The van der Waals surface area contributed by atoms with E-state index in [1.165, 1.54) is 0 Å². The molecule has 1 unspecified atom stereocenters. The molecule has 1 atom stereocenters. The van der Waals surface area contributed by atoms with Crippen LogP contribution in [0.25, 0.3) is 0 Å². The Morgan fingerprint density at radius 3 is 2.12 bits per heavy atom. The van der Waals surface area contributed by atoms with Crippen molar-refractivity contribution in [1.82, 2.24) is 0 Å². The SMILES string of the molecule is COC1(C(F)(F)F)OOC2(CCCCC2)O1. The van der Waals surface area contributed by atoms with Crippen molar-refractivity contribution in [2.75, 3.05) is 7.11 Å². The highest BCUT2D eigenvalue weighted by atomic mass is 19.4. The molecule has 1 heterocycles. The van der Waals surface area contributed by atoms with Gasteiger partial charge < -0.3 is 4.74 Å². The van der Waals surface area contributed by atoms with Crippen LogP contribution >= 0.6 is 0 Å². The molecular formula is C9H13F3O4. The van der Waals surface area contributed by atoms with E-state index in [-0.39, 0.29) is 0 Å². The first-order chi connectivity index (χ1) is 7.43. The third kappa shape index (κ3) is 1.81. The van der Waals surface area contributed by atoms with Crippen molar-refractivity contribution in [3.8, 4) is 0 Å². The average Bonchev–Trinajstić information content (AvgIpc) is 2.59. The molecule has 1 spiro atoms. The Morgan fingerprint density at radius 1 is 1.06 bits per heavy atom. The van der Waals surface area contributed by atoms with Crippen LogP contribution in [0.5, 0.6) is 0 Å². The molecule has 2 rings (SSSR count). The normalized spacial score (nSPS) is 34.5. The lowest BCUT2D eigenvalue weighted by molar-refractivity contribution is -0.492. The molecule has 1 aliphatic carbocycles. The number of halogens is 3. The lowest BCUT2D eigenvalue weighted by atomic mass is 9.94. The van der Waals surface area contributed by atoms with Crippen LogP contribution < -0.4 is 0 Å². The Morgan fingerprint density at radius 2 is 1.69 bits per heavy atom. The fourth-order valence-corrected chi connectivity index (χ4v) is 1.98. The van der Waals surface area contributed by atoms with Crippen LogP contribution in [0.15, 0.2) is 0 Å². The minimum atomic E-state index is -4.79. The van der Waals surface area contributed by atoms with E-state index in [4.69, 9.17) is 9.62 Å². The average molecular weight is 242 g/mol. The van der Waals surface area contributed by atoms with Gasteiger partial charge in [-0.15, -0.1) is 0 Å². The summed E-state index contributed by atoms with van der Waals surface area (Å²) >= 11 is 0. The first kappa shape index (κ1) is 12.1. The number of hydrogen-bond acceptors (Lipinski definition) is 4. The molecule has 0 aromatic heterocycles. The zero-order chi connectivity index (χ0) is 11.9. The molecule has 0 aromatic carbocycles. The maximum atomic E-state index is 12.7. The van der Waals surface area contributed by atoms with Crippen LogP contribution in [-0.4, -0.2) is 25.0 Å². The molecule has 2 fully saturated rings. The Kier molecular flexibility index (Phi) is 2.90. The number of hydrogen-bond donors (Lipinski definition) is 0. The zero-order valence-electron chi connectivity index (χ0n) is 8.80. The van der Waals surface area contributed by atoms with Gasteiger partial charge in [0, 0.05) is 20.0 Å². The molecule has 0 amide bonds. The van der Waals surface area contributed by atoms with Crippen molar-refractivity contribution in [2.45, 2.75) is 50.0 Å². The second-order valence-electron chi connectivity index (χ2n) is 4.00. The monoisotopic (exact) mass is 242 g/mol. The van der Waals surface area contributed by atoms with Gasteiger partial charge in [0.15, 0.2) is 0 Å². The summed E-state index contributed by atoms with van der Waals surface area (Å²) < 4.78 is 47.3. The van der Waals surface area contributed by atoms with E-state index in [9.17, 15) is 13.2 Å². The quantitative estimate of drug-likeness (QED) is 0.662. The third-order valence-electron chi connectivity index (χ3n) is 2.85. The summed E-state index contributed by atoms with van der Waals surface area (Å²) in [5, 5.41) is 0. The van der Waals surface area contributed by atoms with Crippen molar-refractivity contribution >= 4 is 0 Å². The van der Waals surface area contributed by atoms with E-state index in [0.29, 0.717) is 12.8 Å². The minimum Gasteiger partial charge on any atom is -0.322 e. The molecule has 0 N–H and O–H groups in total. The molecular weight excluding hydrogens is 229 g/mol. The Hall–Kier alpha value is -0.370. The largest absolute Gasteiger partial charge is 0.475 e. The smallest absolute Gasteiger partial charge is 0.322 e. The molecule has 1 saturated heterocycles. The van der Waals surface area contributed by atoms with Gasteiger partial charge >= 0.3 is 12.1 Å². The van der Waals surface area contributed by atoms with Crippen molar-refractivity contribution in [3.63, 3.8) is 0 Å². The van der Waals surface area contributed by atoms with E-state index in [1.54, 1.807) is 0 Å². The van der Waals surface area contributed by atoms with Crippen molar-refractivity contribution < 1.29 is 32.4 Å². The van der Waals surface area contributed by atoms with Gasteiger partial charge in [-0.25, -0.2) is 0 Å². The van der Waals surface area contributed by atoms with Gasteiger partial charge in [0.2, 0.25) is 5.79 Å². The highest BCUT2D eigenvalue weighted by Crippen LogP contribution is 2.49. The Bertz CT molecular complexity index is 262. The lowest BCUT2D eigenvalue weighted by Crippen LogP contribution is -2.50. The summed E-state index contributed by atoms with van der Waals surface area (Å²) in [6.45, 7) is 0. The van der Waals surface area contributed by atoms with Crippen LogP contribution in [0.3, 0.4) is 0 Å². The van der Waals surface area contributed by atoms with E-state index < -0.39 is 17.9 Å². The second kappa shape index (κ2) is 3.83. The van der Waals surface area contributed by atoms with E-state index >= 15 is 0 Å². The number of ether oxygens (including phenoxy) is 2. The third-order valence-corrected chi connectivity index (χ3v) is 2.85. The molecule has 0 radical (unpaired) electrons. The molecule has 0 aromatic rings. The van der Waals surface area contributed by atoms with Crippen LogP contribution in [0.2, 0.25) is 0 Å². The van der Waals surface area contributed by atoms with Crippen LogP contribution in [0, 0.1) is 0 Å². The van der Waals surface area contributed by atoms with Gasteiger partial charge in [0.25, 0.3) is 0 Å². The molecule has 7 heteroatoms. The topological polar surface area (TPSA) is 36.9 Å². The molecule has 4 nitrogen and oxygen atoms in total. The van der Waals surface area contributed by atoms with Gasteiger partial charge in [-0.2, -0.15) is 22.9 Å². The van der Waals surface area contributed by atoms with Gasteiger partial charge in [0.1, 0.15) is 0 Å². The van der Waals surface area contributed by atoms with Gasteiger partial charge in [0.05, 0.1) is 0 Å². The summed E-state index contributed by atoms with van der Waals surface area (Å²) in [4.78, 5) is 9.03. The molecule has 16 heavy (non-hydrogen) atoms. The number of alkyl halides is 3. The van der Waals surface area contributed by atoms with E-state index in [2.05, 4.69) is 9.62 Å². The van der Waals surface area contributed by atoms with Crippen molar-refractivity contribution in [2.24, 2.45) is 0 Å². The van der Waals surface area contributed by atoms with Crippen LogP contribution in [0.1, 0.15) is 32.1 Å². The van der Waals surface area contributed by atoms with Crippen molar-refractivity contribution in [1.29, 1.82) is 0 Å². The lowest BCUT2D eigenvalue weighted by Gasteiger charge is -2.31. The minimum absolute atomic E-state index is 0.383. The predicted molar refractivity (Wildman–Crippen MR) is 44.9 cm³/mol. The molecule has 0 bridgehead atoms. The van der Waals surface area contributed by atoms with Crippen LogP contribution in [-0.2, 0) is 19.2 Å². The Labute approximate surface area is 90.5 Å². The predicted octanol–water partition coefficient (Wildman–Crippen LogP) is 2.49. The molecule has 1 aliphatic heterocycles. The fraction of sp³-hybridized carbons (Fsp3) is 1.00. The highest BCUT2D eigenvalue weighted by Gasteiger charge is 2.69. The first-order valence-electron chi connectivity index (χ1n) is 5.12. The van der Waals surface area contributed by atoms with Gasteiger partial charge in [-0.3, -0.25) is 4.74 Å². The molecule has 1 saturated carbocycles. The maximum Gasteiger partial charge on any atom is 0.475 e. The fourth-order valence-electron chi connectivity index (χ4n) is 1.98. The second-order valence-corrected chi connectivity index (χ2v) is 4.00. The standard InChI is InChI=1S/C9H13F3O4/c1-13-9(8(10,11)12)14-7(15-16-9)5-3-2-4-6-7/h2-6H2,1H3. The summed E-state index contributed by atoms with van der Waals surface area (Å²) in [5.41, 5.74) is 0. The van der Waals surface area contributed by atoms with E-state index in [1.807, 2.05) is 0 Å².